The van der Waals surface area contributed by atoms with Crippen molar-refractivity contribution in [2.45, 2.75) is 13.8 Å². The number of fused-ring (bicyclic) bond motifs is 1. The summed E-state index contributed by atoms with van der Waals surface area (Å²) in [6.07, 6.45) is 0. The van der Waals surface area contributed by atoms with E-state index in [-0.39, 0.29) is 0 Å². The van der Waals surface area contributed by atoms with Crippen LogP contribution in [-0.2, 0) is 0 Å². The van der Waals surface area contributed by atoms with Crippen molar-refractivity contribution in [2.24, 2.45) is 0 Å². The molecule has 3 rings (SSSR count). The van der Waals surface area contributed by atoms with Crippen LogP contribution in [0.4, 0.5) is 0 Å². The lowest BCUT2D eigenvalue weighted by Gasteiger charge is -2.03. The van der Waals surface area contributed by atoms with E-state index in [0.717, 1.165) is 0 Å². The zero-order valence-electron chi connectivity index (χ0n) is 10.9. The summed E-state index contributed by atoms with van der Waals surface area (Å²) >= 11 is 0. The van der Waals surface area contributed by atoms with Gasteiger partial charge in [-0.2, -0.15) is 0 Å². The van der Waals surface area contributed by atoms with Crippen LogP contribution in [0.25, 0.3) is 21.9 Å². The molecule has 0 aliphatic rings. The number of hydrogen-bond donors (Lipinski definition) is 0. The Bertz CT molecular complexity index is 609. The predicted octanol–water partition coefficient (Wildman–Crippen LogP) is 5.53. The van der Waals surface area contributed by atoms with Gasteiger partial charge in [-0.1, -0.05) is 80.6 Å². The zero-order chi connectivity index (χ0) is 12.8. The van der Waals surface area contributed by atoms with Crippen molar-refractivity contribution in [3.63, 3.8) is 0 Å². The van der Waals surface area contributed by atoms with Gasteiger partial charge in [0.25, 0.3) is 0 Å². The first kappa shape index (κ1) is 12.4. The van der Waals surface area contributed by atoms with E-state index < -0.39 is 0 Å². The van der Waals surface area contributed by atoms with E-state index in [1.54, 1.807) is 0 Å². The van der Waals surface area contributed by atoms with Crippen LogP contribution in [0.15, 0.2) is 72.8 Å². The van der Waals surface area contributed by atoms with Crippen LogP contribution in [0.1, 0.15) is 13.8 Å². The molecule has 0 heteroatoms. The summed E-state index contributed by atoms with van der Waals surface area (Å²) in [5, 5.41) is 2.59. The van der Waals surface area contributed by atoms with Crippen molar-refractivity contribution in [3.05, 3.63) is 72.8 Å². The molecule has 0 fully saturated rings. The fraction of sp³-hybridized carbons (Fsp3) is 0.111. The molecule has 0 aromatic heterocycles. The highest BCUT2D eigenvalue weighted by atomic mass is 14.0. The Morgan fingerprint density at radius 3 is 1.83 bits per heavy atom. The van der Waals surface area contributed by atoms with Gasteiger partial charge in [-0.15, -0.1) is 0 Å². The fourth-order valence-electron chi connectivity index (χ4n) is 2.00. The van der Waals surface area contributed by atoms with Crippen LogP contribution < -0.4 is 0 Å². The first-order valence-electron chi connectivity index (χ1n) is 6.48. The standard InChI is InChI=1S/C16H12.C2H6/c1-2-6-13(7-3-1)16-11-10-14-8-4-5-9-15(14)12-16;1-2/h1-12H;1-2H3. The lowest BCUT2D eigenvalue weighted by Crippen LogP contribution is -1.77. The highest BCUT2D eigenvalue weighted by Crippen LogP contribution is 2.23. The monoisotopic (exact) mass is 234 g/mol. The summed E-state index contributed by atoms with van der Waals surface area (Å²) in [5.41, 5.74) is 2.55. The molecule has 0 spiro atoms. The van der Waals surface area contributed by atoms with Crippen molar-refractivity contribution >= 4 is 10.8 Å². The lowest BCUT2D eigenvalue weighted by atomic mass is 10.0. The van der Waals surface area contributed by atoms with E-state index >= 15 is 0 Å². The molecule has 0 unspecified atom stereocenters. The second-order valence-electron chi connectivity index (χ2n) is 3.93. The maximum atomic E-state index is 2.24. The number of rotatable bonds is 1. The number of hydrogen-bond acceptors (Lipinski definition) is 0. The molecule has 0 atom stereocenters. The third kappa shape index (κ3) is 2.60. The average Bonchev–Trinajstić information content (AvgIpc) is 2.50. The van der Waals surface area contributed by atoms with Crippen LogP contribution >= 0.6 is 0 Å². The molecular formula is C18H18. The topological polar surface area (TPSA) is 0 Å². The molecule has 0 amide bonds. The molecule has 0 nitrogen and oxygen atoms in total. The van der Waals surface area contributed by atoms with Gasteiger partial charge < -0.3 is 0 Å². The Labute approximate surface area is 109 Å². The largest absolute Gasteiger partial charge is 0.0683 e. The molecule has 0 aliphatic carbocycles. The normalized spacial score (nSPS) is 9.67. The summed E-state index contributed by atoms with van der Waals surface area (Å²) in [7, 11) is 0. The second kappa shape index (κ2) is 6.02. The minimum atomic E-state index is 1.27. The van der Waals surface area contributed by atoms with Crippen molar-refractivity contribution in [1.29, 1.82) is 0 Å². The van der Waals surface area contributed by atoms with Crippen molar-refractivity contribution in [2.75, 3.05) is 0 Å². The van der Waals surface area contributed by atoms with Gasteiger partial charge in [-0.25, -0.2) is 0 Å². The first-order valence-corrected chi connectivity index (χ1v) is 6.48. The van der Waals surface area contributed by atoms with E-state index in [1.165, 1.54) is 21.9 Å². The molecular weight excluding hydrogens is 216 g/mol. The maximum absolute atomic E-state index is 2.24. The highest BCUT2D eigenvalue weighted by molar-refractivity contribution is 5.87. The second-order valence-corrected chi connectivity index (χ2v) is 3.93. The van der Waals surface area contributed by atoms with Gasteiger partial charge in [0.15, 0.2) is 0 Å². The third-order valence-electron chi connectivity index (χ3n) is 2.86. The van der Waals surface area contributed by atoms with Crippen LogP contribution in [0, 0.1) is 0 Å². The van der Waals surface area contributed by atoms with Gasteiger partial charge in [-0.3, -0.25) is 0 Å². The SMILES string of the molecule is CC.c1ccc(-c2ccc3ccccc3c2)cc1. The van der Waals surface area contributed by atoms with Gasteiger partial charge in [0.1, 0.15) is 0 Å². The summed E-state index contributed by atoms with van der Waals surface area (Å²) < 4.78 is 0. The minimum absolute atomic E-state index is 1.27. The Balaban J connectivity index is 0.000000574. The summed E-state index contributed by atoms with van der Waals surface area (Å²) in [6.45, 7) is 4.00. The summed E-state index contributed by atoms with van der Waals surface area (Å²) in [5.74, 6) is 0. The Kier molecular flexibility index (Phi) is 4.14. The summed E-state index contributed by atoms with van der Waals surface area (Å²) in [4.78, 5) is 0. The molecule has 90 valence electrons. The quantitative estimate of drug-likeness (QED) is 0.519. The zero-order valence-corrected chi connectivity index (χ0v) is 10.9. The van der Waals surface area contributed by atoms with Crippen LogP contribution in [0.5, 0.6) is 0 Å². The highest BCUT2D eigenvalue weighted by Gasteiger charge is 1.97. The van der Waals surface area contributed by atoms with Crippen molar-refractivity contribution in [3.8, 4) is 11.1 Å². The van der Waals surface area contributed by atoms with Gasteiger partial charge in [-0.05, 0) is 28.0 Å². The van der Waals surface area contributed by atoms with E-state index in [9.17, 15) is 0 Å². The van der Waals surface area contributed by atoms with Crippen molar-refractivity contribution < 1.29 is 0 Å². The van der Waals surface area contributed by atoms with Crippen LogP contribution in [0.3, 0.4) is 0 Å². The lowest BCUT2D eigenvalue weighted by molar-refractivity contribution is 1.50. The van der Waals surface area contributed by atoms with Crippen molar-refractivity contribution in [1.82, 2.24) is 0 Å². The van der Waals surface area contributed by atoms with Crippen LogP contribution in [-0.4, -0.2) is 0 Å². The summed E-state index contributed by atoms with van der Waals surface area (Å²) in [6, 6.07) is 25.5. The smallest absolute Gasteiger partial charge is 0.0178 e. The first-order chi connectivity index (χ1) is 8.93. The number of benzene rings is 3. The Morgan fingerprint density at radius 1 is 0.500 bits per heavy atom. The van der Waals surface area contributed by atoms with Crippen LogP contribution in [0.2, 0.25) is 0 Å². The molecule has 18 heavy (non-hydrogen) atoms. The fourth-order valence-corrected chi connectivity index (χ4v) is 2.00. The van der Waals surface area contributed by atoms with Gasteiger partial charge in [0.2, 0.25) is 0 Å². The van der Waals surface area contributed by atoms with E-state index in [0.29, 0.717) is 0 Å². The average molecular weight is 234 g/mol. The van der Waals surface area contributed by atoms with E-state index in [4.69, 9.17) is 0 Å². The van der Waals surface area contributed by atoms with Gasteiger partial charge >= 0.3 is 0 Å². The molecule has 0 N–H and O–H groups in total. The van der Waals surface area contributed by atoms with Gasteiger partial charge in [0.05, 0.1) is 0 Å². The molecule has 0 saturated heterocycles. The molecule has 0 bridgehead atoms. The molecule has 0 saturated carbocycles. The molecule has 0 heterocycles. The molecule has 0 radical (unpaired) electrons. The Morgan fingerprint density at radius 2 is 1.11 bits per heavy atom. The third-order valence-corrected chi connectivity index (χ3v) is 2.86. The molecule has 0 aliphatic heterocycles. The minimum Gasteiger partial charge on any atom is -0.0683 e. The maximum Gasteiger partial charge on any atom is -0.0178 e. The Hall–Kier alpha value is -2.08. The molecule has 3 aromatic rings. The molecule has 3 aromatic carbocycles. The predicted molar refractivity (Wildman–Crippen MR) is 80.7 cm³/mol. The van der Waals surface area contributed by atoms with E-state index in [2.05, 4.69) is 66.7 Å². The van der Waals surface area contributed by atoms with E-state index in [1.807, 2.05) is 19.9 Å². The van der Waals surface area contributed by atoms with Gasteiger partial charge in [0, 0.05) is 0 Å².